The molecule has 0 N–H and O–H groups in total. The maximum absolute atomic E-state index is 3.78. The van der Waals surface area contributed by atoms with Gasteiger partial charge in [-0.25, -0.2) is 0 Å². The van der Waals surface area contributed by atoms with Gasteiger partial charge in [0.05, 0.1) is 0 Å². The van der Waals surface area contributed by atoms with Crippen molar-refractivity contribution < 1.29 is 0 Å². The molecule has 1 heteroatoms. The van der Waals surface area contributed by atoms with Crippen molar-refractivity contribution in [1.29, 1.82) is 0 Å². The van der Waals surface area contributed by atoms with E-state index in [0.29, 0.717) is 0 Å². The van der Waals surface area contributed by atoms with Crippen LogP contribution in [-0.4, -0.2) is 0 Å². The summed E-state index contributed by atoms with van der Waals surface area (Å²) in [7, 11) is 2.63. The second-order valence-corrected chi connectivity index (χ2v) is 2.55. The third-order valence-electron chi connectivity index (χ3n) is 0.961. The highest BCUT2D eigenvalue weighted by Crippen LogP contribution is 2.13. The van der Waals surface area contributed by atoms with Crippen LogP contribution in [-0.2, 0) is 0 Å². The molecule has 0 amide bonds. The van der Waals surface area contributed by atoms with Gasteiger partial charge in [-0.2, -0.15) is 0 Å². The smallest absolute Gasteiger partial charge is 0.0280 e. The first kappa shape index (κ1) is 8.65. The molecule has 0 bridgehead atoms. The minimum absolute atomic E-state index is 1.10. The van der Waals surface area contributed by atoms with E-state index >= 15 is 0 Å². The van der Waals surface area contributed by atoms with Gasteiger partial charge in [-0.05, 0) is 19.2 Å². The van der Waals surface area contributed by atoms with Crippen molar-refractivity contribution in [2.24, 2.45) is 0 Å². The van der Waals surface area contributed by atoms with Crippen LogP contribution in [0.25, 0.3) is 0 Å². The Bertz CT molecular complexity index is 152. The van der Waals surface area contributed by atoms with Gasteiger partial charge in [0.2, 0.25) is 0 Å². The summed E-state index contributed by atoms with van der Waals surface area (Å²) in [5.74, 6) is 0. The zero-order valence-electron chi connectivity index (χ0n) is 6.02. The predicted molar refractivity (Wildman–Crippen MR) is 47.4 cm³/mol. The standard InChI is InChI=1S/C8H13P/c1-4-5-6-8(9)7(2)3/h4-6H,2,9H2,1,3H3/b5-4-,8-6+. The summed E-state index contributed by atoms with van der Waals surface area (Å²) >= 11 is 0. The lowest BCUT2D eigenvalue weighted by molar-refractivity contribution is 1.53. The van der Waals surface area contributed by atoms with Crippen molar-refractivity contribution in [2.45, 2.75) is 13.8 Å². The van der Waals surface area contributed by atoms with Gasteiger partial charge in [-0.1, -0.05) is 30.4 Å². The van der Waals surface area contributed by atoms with E-state index in [4.69, 9.17) is 0 Å². The van der Waals surface area contributed by atoms with Gasteiger partial charge in [0, 0.05) is 0 Å². The Morgan fingerprint density at radius 2 is 2.11 bits per heavy atom. The molecule has 0 spiro atoms. The number of hydrogen-bond donors (Lipinski definition) is 0. The molecule has 1 unspecified atom stereocenters. The van der Waals surface area contributed by atoms with Crippen molar-refractivity contribution in [3.63, 3.8) is 0 Å². The maximum Gasteiger partial charge on any atom is -0.0280 e. The van der Waals surface area contributed by atoms with E-state index in [0.717, 1.165) is 10.9 Å². The van der Waals surface area contributed by atoms with Crippen molar-refractivity contribution >= 4 is 9.24 Å². The number of hydrogen-bond acceptors (Lipinski definition) is 0. The van der Waals surface area contributed by atoms with Crippen molar-refractivity contribution in [2.75, 3.05) is 0 Å². The van der Waals surface area contributed by atoms with Crippen LogP contribution < -0.4 is 0 Å². The molecular formula is C8H13P. The Kier molecular flexibility index (Phi) is 4.35. The average molecular weight is 140 g/mol. The molecule has 0 rings (SSSR count). The van der Waals surface area contributed by atoms with Crippen LogP contribution in [0.4, 0.5) is 0 Å². The zero-order chi connectivity index (χ0) is 7.28. The highest BCUT2D eigenvalue weighted by atomic mass is 31.0. The van der Waals surface area contributed by atoms with Gasteiger partial charge in [0.1, 0.15) is 0 Å². The summed E-state index contributed by atoms with van der Waals surface area (Å²) in [6.45, 7) is 7.77. The highest BCUT2D eigenvalue weighted by molar-refractivity contribution is 7.23. The van der Waals surface area contributed by atoms with Crippen molar-refractivity contribution in [3.05, 3.63) is 35.7 Å². The van der Waals surface area contributed by atoms with Gasteiger partial charge < -0.3 is 0 Å². The largest absolute Gasteiger partial charge is 0.105 e. The minimum Gasteiger partial charge on any atom is -0.105 e. The van der Waals surface area contributed by atoms with Gasteiger partial charge >= 0.3 is 0 Å². The SMILES string of the molecule is C=C(C)/C(P)=C\C=C/C. The van der Waals surface area contributed by atoms with E-state index in [-0.39, 0.29) is 0 Å². The summed E-state index contributed by atoms with van der Waals surface area (Å²) in [5.41, 5.74) is 1.10. The van der Waals surface area contributed by atoms with Crippen LogP contribution in [0.3, 0.4) is 0 Å². The Balaban J connectivity index is 4.00. The monoisotopic (exact) mass is 140 g/mol. The summed E-state index contributed by atoms with van der Waals surface area (Å²) < 4.78 is 0. The summed E-state index contributed by atoms with van der Waals surface area (Å²) in [6.07, 6.45) is 6.01. The summed E-state index contributed by atoms with van der Waals surface area (Å²) in [4.78, 5) is 0. The molecule has 0 nitrogen and oxygen atoms in total. The highest BCUT2D eigenvalue weighted by Gasteiger charge is 1.83. The Morgan fingerprint density at radius 3 is 2.44 bits per heavy atom. The molecule has 0 heterocycles. The van der Waals surface area contributed by atoms with E-state index in [1.165, 1.54) is 0 Å². The van der Waals surface area contributed by atoms with Gasteiger partial charge in [0.25, 0.3) is 0 Å². The Morgan fingerprint density at radius 1 is 1.56 bits per heavy atom. The molecule has 0 fully saturated rings. The lowest BCUT2D eigenvalue weighted by Gasteiger charge is -1.93. The molecule has 0 aliphatic rings. The second-order valence-electron chi connectivity index (χ2n) is 1.93. The molecular weight excluding hydrogens is 127 g/mol. The predicted octanol–water partition coefficient (Wildman–Crippen LogP) is 2.90. The van der Waals surface area contributed by atoms with E-state index in [1.54, 1.807) is 0 Å². The van der Waals surface area contributed by atoms with Crippen LogP contribution in [0, 0.1) is 0 Å². The van der Waals surface area contributed by atoms with E-state index in [2.05, 4.69) is 15.8 Å². The molecule has 0 saturated heterocycles. The third kappa shape index (κ3) is 4.17. The topological polar surface area (TPSA) is 0 Å². The molecule has 1 atom stereocenters. The quantitative estimate of drug-likeness (QED) is 0.408. The summed E-state index contributed by atoms with van der Waals surface area (Å²) in [5, 5.41) is 1.16. The molecule has 0 saturated carbocycles. The van der Waals surface area contributed by atoms with Crippen LogP contribution >= 0.6 is 9.24 Å². The number of rotatable bonds is 2. The fraction of sp³-hybridized carbons (Fsp3) is 0.250. The lowest BCUT2D eigenvalue weighted by Crippen LogP contribution is -1.67. The molecule has 0 aliphatic carbocycles. The zero-order valence-corrected chi connectivity index (χ0v) is 7.17. The second kappa shape index (κ2) is 4.52. The first-order valence-corrected chi connectivity index (χ1v) is 3.50. The first-order valence-electron chi connectivity index (χ1n) is 2.92. The molecule has 0 aromatic heterocycles. The fourth-order valence-corrected chi connectivity index (χ4v) is 0.453. The van der Waals surface area contributed by atoms with Crippen LogP contribution in [0.1, 0.15) is 13.8 Å². The van der Waals surface area contributed by atoms with Gasteiger partial charge in [-0.3, -0.25) is 0 Å². The van der Waals surface area contributed by atoms with E-state index in [9.17, 15) is 0 Å². The van der Waals surface area contributed by atoms with E-state index in [1.807, 2.05) is 32.1 Å². The van der Waals surface area contributed by atoms with Crippen LogP contribution in [0.5, 0.6) is 0 Å². The van der Waals surface area contributed by atoms with Crippen LogP contribution in [0.15, 0.2) is 35.7 Å². The van der Waals surface area contributed by atoms with E-state index < -0.39 is 0 Å². The average Bonchev–Trinajstić information content (AvgIpc) is 1.82. The fourth-order valence-electron chi connectivity index (χ4n) is 0.342. The molecule has 50 valence electrons. The normalized spacial score (nSPS) is 12.6. The van der Waals surface area contributed by atoms with Gasteiger partial charge in [-0.15, -0.1) is 9.24 Å². The maximum atomic E-state index is 3.78. The Labute approximate surface area is 59.6 Å². The Hall–Kier alpha value is -0.350. The first-order chi connectivity index (χ1) is 4.18. The van der Waals surface area contributed by atoms with Crippen molar-refractivity contribution in [1.82, 2.24) is 0 Å². The lowest BCUT2D eigenvalue weighted by atomic mass is 10.3. The van der Waals surface area contributed by atoms with Crippen LogP contribution in [0.2, 0.25) is 0 Å². The van der Waals surface area contributed by atoms with Gasteiger partial charge in [0.15, 0.2) is 0 Å². The molecule has 0 aromatic rings. The molecule has 9 heavy (non-hydrogen) atoms. The molecule has 0 radical (unpaired) electrons. The number of allylic oxidation sites excluding steroid dienone is 5. The van der Waals surface area contributed by atoms with Crippen molar-refractivity contribution in [3.8, 4) is 0 Å². The molecule has 0 aliphatic heterocycles. The summed E-state index contributed by atoms with van der Waals surface area (Å²) in [6, 6.07) is 0. The minimum atomic E-state index is 1.10. The molecule has 0 aromatic carbocycles. The third-order valence-corrected chi connectivity index (χ3v) is 1.65.